The number of nitrogens with two attached hydrogens (primary N) is 1. The topological polar surface area (TPSA) is 88.3 Å². The van der Waals surface area contributed by atoms with Gasteiger partial charge in [-0.1, -0.05) is 20.8 Å². The second-order valence-electron chi connectivity index (χ2n) is 5.55. The number of nitrogens with one attached hydrogen (secondary N) is 2. The summed E-state index contributed by atoms with van der Waals surface area (Å²) in [6, 6.07) is 0. The van der Waals surface area contributed by atoms with Crippen molar-refractivity contribution in [1.29, 1.82) is 0 Å². The Morgan fingerprint density at radius 2 is 2.19 bits per heavy atom. The first-order valence-corrected chi connectivity index (χ1v) is 7.55. The molecule has 118 valence electrons. The van der Waals surface area contributed by atoms with E-state index in [1.807, 2.05) is 0 Å². The van der Waals surface area contributed by atoms with Gasteiger partial charge in [0.1, 0.15) is 18.0 Å². The second kappa shape index (κ2) is 7.53. The molecule has 0 saturated carbocycles. The van der Waals surface area contributed by atoms with Gasteiger partial charge in [-0.15, -0.1) is 0 Å². The summed E-state index contributed by atoms with van der Waals surface area (Å²) in [6.07, 6.45) is 1.70. The van der Waals surface area contributed by atoms with Crippen molar-refractivity contribution in [3.63, 3.8) is 0 Å². The van der Waals surface area contributed by atoms with Gasteiger partial charge < -0.3 is 15.5 Å². The molecule has 7 heteroatoms. The third-order valence-corrected chi connectivity index (χ3v) is 3.77. The van der Waals surface area contributed by atoms with Gasteiger partial charge in [0.2, 0.25) is 0 Å². The fourth-order valence-electron chi connectivity index (χ4n) is 2.60. The zero-order chi connectivity index (χ0) is 15.2. The highest BCUT2D eigenvalue weighted by Gasteiger charge is 2.20. The molecule has 1 aromatic rings. The number of morpholine rings is 1. The van der Waals surface area contributed by atoms with Gasteiger partial charge in [0.05, 0.1) is 12.7 Å². The molecule has 4 N–H and O–H groups in total. The Bertz CT molecular complexity index is 453. The molecule has 1 aliphatic heterocycles. The quantitative estimate of drug-likeness (QED) is 0.533. The highest BCUT2D eigenvalue weighted by molar-refractivity contribution is 5.58. The fourth-order valence-corrected chi connectivity index (χ4v) is 2.60. The van der Waals surface area contributed by atoms with Crippen LogP contribution in [-0.2, 0) is 4.74 Å². The van der Waals surface area contributed by atoms with E-state index in [4.69, 9.17) is 10.6 Å². The third-order valence-electron chi connectivity index (χ3n) is 3.77. The molecule has 1 aromatic heterocycles. The largest absolute Gasteiger partial charge is 0.374 e. The van der Waals surface area contributed by atoms with E-state index in [1.54, 1.807) is 0 Å². The van der Waals surface area contributed by atoms with Crippen LogP contribution in [0.4, 0.5) is 11.6 Å². The SMILES string of the molecule is CCN1CCOC(CNc2ncnc(NN)c2C(C)C)C1. The average molecular weight is 294 g/mol. The predicted molar refractivity (Wildman–Crippen MR) is 84.3 cm³/mol. The highest BCUT2D eigenvalue weighted by atomic mass is 16.5. The van der Waals surface area contributed by atoms with Crippen molar-refractivity contribution in [2.24, 2.45) is 5.84 Å². The van der Waals surface area contributed by atoms with Crippen molar-refractivity contribution in [3.05, 3.63) is 11.9 Å². The maximum atomic E-state index is 5.80. The van der Waals surface area contributed by atoms with Crippen LogP contribution in [0.15, 0.2) is 6.33 Å². The monoisotopic (exact) mass is 294 g/mol. The van der Waals surface area contributed by atoms with E-state index in [0.29, 0.717) is 5.82 Å². The molecule has 0 amide bonds. The van der Waals surface area contributed by atoms with E-state index in [2.05, 4.69) is 46.4 Å². The summed E-state index contributed by atoms with van der Waals surface area (Å²) in [7, 11) is 0. The lowest BCUT2D eigenvalue weighted by atomic mass is 10.0. The maximum absolute atomic E-state index is 5.80. The predicted octanol–water partition coefficient (Wildman–Crippen LogP) is 1.02. The zero-order valence-electron chi connectivity index (χ0n) is 13.1. The van der Waals surface area contributed by atoms with Crippen molar-refractivity contribution in [2.45, 2.75) is 32.8 Å². The van der Waals surface area contributed by atoms with Gasteiger partial charge in [-0.05, 0) is 12.5 Å². The molecule has 0 radical (unpaired) electrons. The van der Waals surface area contributed by atoms with E-state index in [9.17, 15) is 0 Å². The lowest BCUT2D eigenvalue weighted by Gasteiger charge is -2.32. The number of anilines is 2. The van der Waals surface area contributed by atoms with Crippen molar-refractivity contribution in [3.8, 4) is 0 Å². The van der Waals surface area contributed by atoms with Crippen LogP contribution in [-0.4, -0.2) is 53.8 Å². The molecule has 1 fully saturated rings. The van der Waals surface area contributed by atoms with Crippen LogP contribution in [0.3, 0.4) is 0 Å². The van der Waals surface area contributed by atoms with Crippen LogP contribution in [0.2, 0.25) is 0 Å². The van der Waals surface area contributed by atoms with Gasteiger partial charge in [-0.25, -0.2) is 15.8 Å². The molecule has 0 bridgehead atoms. The van der Waals surface area contributed by atoms with Gasteiger partial charge >= 0.3 is 0 Å². The van der Waals surface area contributed by atoms with Crippen LogP contribution >= 0.6 is 0 Å². The Hall–Kier alpha value is -1.44. The van der Waals surface area contributed by atoms with Crippen molar-refractivity contribution >= 4 is 11.6 Å². The lowest BCUT2D eigenvalue weighted by Crippen LogP contribution is -2.45. The minimum atomic E-state index is 0.183. The van der Waals surface area contributed by atoms with Gasteiger partial charge in [0.15, 0.2) is 0 Å². The summed E-state index contributed by atoms with van der Waals surface area (Å²) in [4.78, 5) is 10.9. The molecule has 2 rings (SSSR count). The number of nitrogens with zero attached hydrogens (tertiary/aromatic N) is 3. The first-order valence-electron chi connectivity index (χ1n) is 7.55. The maximum Gasteiger partial charge on any atom is 0.148 e. The third kappa shape index (κ3) is 4.03. The van der Waals surface area contributed by atoms with Crippen molar-refractivity contribution in [1.82, 2.24) is 14.9 Å². The molecule has 7 nitrogen and oxygen atoms in total. The number of nitrogen functional groups attached to an aromatic ring is 1. The molecule has 0 aromatic carbocycles. The molecule has 21 heavy (non-hydrogen) atoms. The van der Waals surface area contributed by atoms with E-state index < -0.39 is 0 Å². The highest BCUT2D eigenvalue weighted by Crippen LogP contribution is 2.27. The first-order chi connectivity index (χ1) is 10.2. The average Bonchev–Trinajstić information content (AvgIpc) is 2.52. The lowest BCUT2D eigenvalue weighted by molar-refractivity contribution is -0.0192. The number of ether oxygens (including phenoxy) is 1. The Balaban J connectivity index is 2.02. The number of likely N-dealkylation sites (N-methyl/N-ethyl adjacent to an activating group) is 1. The summed E-state index contributed by atoms with van der Waals surface area (Å²) in [5.41, 5.74) is 3.64. The normalized spacial score (nSPS) is 19.8. The number of rotatable bonds is 6. The summed E-state index contributed by atoms with van der Waals surface area (Å²) >= 11 is 0. The summed E-state index contributed by atoms with van der Waals surface area (Å²) in [6.45, 7) is 10.9. The van der Waals surface area contributed by atoms with Gasteiger partial charge in [0, 0.05) is 25.2 Å². The number of hydrogen-bond donors (Lipinski definition) is 3. The molecule has 0 spiro atoms. The van der Waals surface area contributed by atoms with Gasteiger partial charge in [-0.2, -0.15) is 0 Å². The van der Waals surface area contributed by atoms with Gasteiger partial charge in [-0.3, -0.25) is 4.90 Å². The minimum absolute atomic E-state index is 0.183. The van der Waals surface area contributed by atoms with Crippen LogP contribution in [0.5, 0.6) is 0 Å². The van der Waals surface area contributed by atoms with Gasteiger partial charge in [0.25, 0.3) is 0 Å². The standard InChI is InChI=1S/C14H26N6O/c1-4-20-5-6-21-11(8-20)7-16-13-12(10(2)3)14(19-15)18-9-17-13/h9-11H,4-8,15H2,1-3H3,(H2,16,17,18,19). The molecular weight excluding hydrogens is 268 g/mol. The van der Waals surface area contributed by atoms with E-state index in [-0.39, 0.29) is 12.0 Å². The molecule has 1 atom stereocenters. The van der Waals surface area contributed by atoms with Crippen LogP contribution in [0.1, 0.15) is 32.3 Å². The van der Waals surface area contributed by atoms with E-state index >= 15 is 0 Å². The molecule has 2 heterocycles. The first kappa shape index (κ1) is 15.9. The summed E-state index contributed by atoms with van der Waals surface area (Å²) < 4.78 is 5.80. The minimum Gasteiger partial charge on any atom is -0.374 e. The number of hydrogen-bond acceptors (Lipinski definition) is 7. The Morgan fingerprint density at radius 1 is 1.43 bits per heavy atom. The van der Waals surface area contributed by atoms with E-state index in [1.165, 1.54) is 6.33 Å². The fraction of sp³-hybridized carbons (Fsp3) is 0.714. The molecule has 1 unspecified atom stereocenters. The van der Waals surface area contributed by atoms with Crippen LogP contribution in [0.25, 0.3) is 0 Å². The summed E-state index contributed by atoms with van der Waals surface area (Å²) in [5, 5.41) is 3.39. The second-order valence-corrected chi connectivity index (χ2v) is 5.55. The number of aromatic nitrogens is 2. The molecular formula is C14H26N6O. The van der Waals surface area contributed by atoms with Crippen LogP contribution < -0.4 is 16.6 Å². The molecule has 1 saturated heterocycles. The number of hydrazine groups is 1. The Kier molecular flexibility index (Phi) is 5.72. The van der Waals surface area contributed by atoms with E-state index in [0.717, 1.165) is 44.2 Å². The zero-order valence-corrected chi connectivity index (χ0v) is 13.1. The molecule has 1 aliphatic rings. The van der Waals surface area contributed by atoms with Crippen molar-refractivity contribution < 1.29 is 4.74 Å². The molecule has 0 aliphatic carbocycles. The Labute approximate surface area is 126 Å². The van der Waals surface area contributed by atoms with Crippen molar-refractivity contribution in [2.75, 3.05) is 43.5 Å². The summed E-state index contributed by atoms with van der Waals surface area (Å²) in [5.74, 6) is 7.30. The smallest absolute Gasteiger partial charge is 0.148 e. The Morgan fingerprint density at radius 3 is 2.86 bits per heavy atom. The van der Waals surface area contributed by atoms with Crippen LogP contribution in [0, 0.1) is 0 Å².